The summed E-state index contributed by atoms with van der Waals surface area (Å²) in [4.78, 5) is 30.5. The number of nitrogens with zero attached hydrogens (tertiary/aromatic N) is 3. The fourth-order valence-corrected chi connectivity index (χ4v) is 3.32. The van der Waals surface area contributed by atoms with Crippen LogP contribution in [-0.2, 0) is 6.54 Å². The molecule has 0 spiro atoms. The number of nitrogens with one attached hydrogen (secondary N) is 1. The fourth-order valence-electron chi connectivity index (χ4n) is 2.77. The summed E-state index contributed by atoms with van der Waals surface area (Å²) in [7, 11) is 3.40. The van der Waals surface area contributed by atoms with Crippen LogP contribution in [0, 0.1) is 5.82 Å². The largest absolute Gasteiger partial charge is 0.347 e. The van der Waals surface area contributed by atoms with Crippen LogP contribution in [-0.4, -0.2) is 46.6 Å². The minimum atomic E-state index is -0.346. The molecule has 0 radical (unpaired) electrons. The molecule has 6 nitrogen and oxygen atoms in total. The molecule has 0 atom stereocenters. The summed E-state index contributed by atoms with van der Waals surface area (Å²) in [6.07, 6.45) is 3.37. The molecule has 3 rings (SSSR count). The number of hydrogen-bond donors (Lipinski definition) is 1. The van der Waals surface area contributed by atoms with E-state index in [0.29, 0.717) is 28.6 Å². The van der Waals surface area contributed by atoms with Crippen LogP contribution in [0.3, 0.4) is 0 Å². The highest BCUT2D eigenvalue weighted by molar-refractivity contribution is 7.98. The van der Waals surface area contributed by atoms with Crippen molar-refractivity contribution in [3.05, 3.63) is 77.4 Å². The van der Waals surface area contributed by atoms with Gasteiger partial charge in [0.1, 0.15) is 11.5 Å². The van der Waals surface area contributed by atoms with Crippen LogP contribution in [0.2, 0.25) is 0 Å². The van der Waals surface area contributed by atoms with E-state index in [-0.39, 0.29) is 17.6 Å². The van der Waals surface area contributed by atoms with E-state index in [1.807, 2.05) is 18.4 Å². The molecule has 0 bridgehead atoms. The SMILES string of the molecule is CSc1ncc(C(=O)NCc2ccc(C(=O)N(C)C)cc2)n1-c1ccc(F)cc1. The Labute approximate surface area is 172 Å². The lowest BCUT2D eigenvalue weighted by Gasteiger charge is -2.12. The zero-order chi connectivity index (χ0) is 21.0. The van der Waals surface area contributed by atoms with Crippen molar-refractivity contribution in [2.45, 2.75) is 11.7 Å². The van der Waals surface area contributed by atoms with Crippen LogP contribution in [0.4, 0.5) is 4.39 Å². The second-order valence-electron chi connectivity index (χ2n) is 6.52. The summed E-state index contributed by atoms with van der Waals surface area (Å²) in [5.74, 6) is -0.717. The van der Waals surface area contributed by atoms with E-state index in [9.17, 15) is 14.0 Å². The highest BCUT2D eigenvalue weighted by Crippen LogP contribution is 2.22. The molecule has 8 heteroatoms. The molecule has 0 saturated heterocycles. The predicted octanol–water partition coefficient (Wildman–Crippen LogP) is 3.37. The first kappa shape index (κ1) is 20.6. The van der Waals surface area contributed by atoms with Gasteiger partial charge >= 0.3 is 0 Å². The molecule has 1 heterocycles. The number of benzene rings is 2. The van der Waals surface area contributed by atoms with E-state index >= 15 is 0 Å². The van der Waals surface area contributed by atoms with Crippen molar-refractivity contribution in [1.29, 1.82) is 0 Å². The summed E-state index contributed by atoms with van der Waals surface area (Å²) in [5.41, 5.74) is 2.47. The molecule has 2 aromatic carbocycles. The summed E-state index contributed by atoms with van der Waals surface area (Å²) in [6, 6.07) is 13.0. The highest BCUT2D eigenvalue weighted by Gasteiger charge is 2.17. The van der Waals surface area contributed by atoms with Crippen molar-refractivity contribution >= 4 is 23.6 Å². The van der Waals surface area contributed by atoms with Gasteiger partial charge in [-0.3, -0.25) is 14.2 Å². The minimum absolute atomic E-state index is 0.0756. The van der Waals surface area contributed by atoms with Gasteiger partial charge in [-0.25, -0.2) is 9.37 Å². The number of carbonyl (C=O) groups excluding carboxylic acids is 2. The zero-order valence-corrected chi connectivity index (χ0v) is 17.2. The number of thioether (sulfide) groups is 1. The zero-order valence-electron chi connectivity index (χ0n) is 16.3. The molecule has 0 saturated carbocycles. The lowest BCUT2D eigenvalue weighted by molar-refractivity contribution is 0.0827. The van der Waals surface area contributed by atoms with E-state index in [4.69, 9.17) is 0 Å². The third-order valence-electron chi connectivity index (χ3n) is 4.29. The molecule has 150 valence electrons. The van der Waals surface area contributed by atoms with Crippen molar-refractivity contribution < 1.29 is 14.0 Å². The van der Waals surface area contributed by atoms with E-state index in [2.05, 4.69) is 10.3 Å². The Balaban J connectivity index is 1.75. The first-order chi connectivity index (χ1) is 13.9. The first-order valence-electron chi connectivity index (χ1n) is 8.87. The van der Waals surface area contributed by atoms with Gasteiger partial charge in [-0.1, -0.05) is 23.9 Å². The number of amides is 2. The third kappa shape index (κ3) is 4.65. The molecule has 1 aromatic heterocycles. The lowest BCUT2D eigenvalue weighted by atomic mass is 10.1. The molecule has 0 aliphatic heterocycles. The Morgan fingerprint density at radius 2 is 1.76 bits per heavy atom. The monoisotopic (exact) mass is 412 g/mol. The van der Waals surface area contributed by atoms with E-state index in [1.54, 1.807) is 42.9 Å². The predicted molar refractivity (Wildman–Crippen MR) is 111 cm³/mol. The fraction of sp³-hybridized carbons (Fsp3) is 0.190. The molecular weight excluding hydrogens is 391 g/mol. The quantitative estimate of drug-likeness (QED) is 0.631. The van der Waals surface area contributed by atoms with E-state index in [1.165, 1.54) is 35.0 Å². The Morgan fingerprint density at radius 3 is 2.34 bits per heavy atom. The smallest absolute Gasteiger partial charge is 0.270 e. The molecule has 3 aromatic rings. The van der Waals surface area contributed by atoms with E-state index < -0.39 is 0 Å². The van der Waals surface area contributed by atoms with Crippen LogP contribution >= 0.6 is 11.8 Å². The number of halogens is 1. The van der Waals surface area contributed by atoms with E-state index in [0.717, 1.165) is 5.56 Å². The molecule has 0 fully saturated rings. The molecular formula is C21H21FN4O2S. The normalized spacial score (nSPS) is 10.6. The molecule has 2 amide bonds. The number of imidazole rings is 1. The third-order valence-corrected chi connectivity index (χ3v) is 4.94. The second-order valence-corrected chi connectivity index (χ2v) is 7.29. The Kier molecular flexibility index (Phi) is 6.33. The summed E-state index contributed by atoms with van der Waals surface area (Å²) in [6.45, 7) is 0.304. The van der Waals surface area contributed by atoms with Crippen molar-refractivity contribution in [1.82, 2.24) is 19.8 Å². The lowest BCUT2D eigenvalue weighted by Crippen LogP contribution is -2.25. The number of carbonyl (C=O) groups is 2. The Hall–Kier alpha value is -3.13. The van der Waals surface area contributed by atoms with Gasteiger partial charge in [0.05, 0.1) is 6.20 Å². The van der Waals surface area contributed by atoms with Gasteiger partial charge in [0.2, 0.25) is 0 Å². The molecule has 0 aliphatic carbocycles. The van der Waals surface area contributed by atoms with Crippen molar-refractivity contribution in [3.63, 3.8) is 0 Å². The van der Waals surface area contributed by atoms with Crippen LogP contribution in [0.5, 0.6) is 0 Å². The average molecular weight is 412 g/mol. The number of rotatable bonds is 6. The Morgan fingerprint density at radius 1 is 1.10 bits per heavy atom. The van der Waals surface area contributed by atoms with Crippen LogP contribution < -0.4 is 5.32 Å². The first-order valence-corrected chi connectivity index (χ1v) is 10.1. The summed E-state index contributed by atoms with van der Waals surface area (Å²) < 4.78 is 15.0. The topological polar surface area (TPSA) is 67.2 Å². The number of hydrogen-bond acceptors (Lipinski definition) is 4. The van der Waals surface area contributed by atoms with Crippen LogP contribution in [0.15, 0.2) is 59.9 Å². The van der Waals surface area contributed by atoms with Gasteiger partial charge in [-0.15, -0.1) is 0 Å². The molecule has 1 N–H and O–H groups in total. The van der Waals surface area contributed by atoms with Gasteiger partial charge in [-0.05, 0) is 48.2 Å². The maximum atomic E-state index is 13.3. The van der Waals surface area contributed by atoms with Crippen LogP contribution in [0.1, 0.15) is 26.4 Å². The maximum absolute atomic E-state index is 13.3. The number of aromatic nitrogens is 2. The standard InChI is InChI=1S/C21H21FN4O2S/c1-25(2)20(28)15-6-4-14(5-7-15)12-23-19(27)18-13-24-21(29-3)26(18)17-10-8-16(22)9-11-17/h4-11,13H,12H2,1-3H3,(H,23,27). The van der Waals surface area contributed by atoms with Gasteiger partial charge in [0.25, 0.3) is 11.8 Å². The van der Waals surface area contributed by atoms with Gasteiger partial charge < -0.3 is 10.2 Å². The molecule has 29 heavy (non-hydrogen) atoms. The average Bonchev–Trinajstić information content (AvgIpc) is 3.16. The van der Waals surface area contributed by atoms with Gasteiger partial charge in [0, 0.05) is 31.9 Å². The van der Waals surface area contributed by atoms with Crippen molar-refractivity contribution in [2.24, 2.45) is 0 Å². The van der Waals surface area contributed by atoms with Crippen molar-refractivity contribution in [3.8, 4) is 5.69 Å². The van der Waals surface area contributed by atoms with Crippen LogP contribution in [0.25, 0.3) is 5.69 Å². The van der Waals surface area contributed by atoms with Gasteiger partial charge in [-0.2, -0.15) is 0 Å². The molecule has 0 unspecified atom stereocenters. The van der Waals surface area contributed by atoms with Crippen molar-refractivity contribution in [2.75, 3.05) is 20.4 Å². The highest BCUT2D eigenvalue weighted by atomic mass is 32.2. The Bertz CT molecular complexity index is 1010. The van der Waals surface area contributed by atoms with Gasteiger partial charge in [0.15, 0.2) is 5.16 Å². The molecule has 0 aliphatic rings. The maximum Gasteiger partial charge on any atom is 0.270 e. The second kappa shape index (κ2) is 8.91. The summed E-state index contributed by atoms with van der Waals surface area (Å²) in [5, 5.41) is 3.50. The summed E-state index contributed by atoms with van der Waals surface area (Å²) >= 11 is 1.40. The minimum Gasteiger partial charge on any atom is -0.347 e.